The first-order chi connectivity index (χ1) is 19.2. The maximum Gasteiger partial charge on any atom is 0.266 e. The van der Waals surface area contributed by atoms with Crippen LogP contribution < -0.4 is 29.7 Å². The summed E-state index contributed by atoms with van der Waals surface area (Å²) in [5.74, 6) is -2.81. The molecule has 0 atom stereocenters. The van der Waals surface area contributed by atoms with Crippen LogP contribution >= 0.6 is 11.3 Å². The lowest BCUT2D eigenvalue weighted by Gasteiger charge is -2.18. The highest BCUT2D eigenvalue weighted by molar-refractivity contribution is 7.07. The second kappa shape index (κ2) is 10.9. The van der Waals surface area contributed by atoms with Gasteiger partial charge in [-0.1, -0.05) is 24.8 Å². The summed E-state index contributed by atoms with van der Waals surface area (Å²) >= 11 is 1.19. The Morgan fingerprint density at radius 1 is 0.950 bits per heavy atom. The fraction of sp³-hybridized carbons (Fsp3) is 0.133. The number of nitrogens with zero attached hydrogens (tertiary/aromatic N) is 1. The minimum absolute atomic E-state index is 0.0367. The molecule has 3 aromatic carbocycles. The Kier molecular flexibility index (Phi) is 7.36. The van der Waals surface area contributed by atoms with Gasteiger partial charge in [0, 0.05) is 18.0 Å². The normalized spacial score (nSPS) is 12.0. The Morgan fingerprint density at radius 2 is 1.70 bits per heavy atom. The van der Waals surface area contributed by atoms with Gasteiger partial charge in [0.2, 0.25) is 5.43 Å². The molecule has 0 spiro atoms. The summed E-state index contributed by atoms with van der Waals surface area (Å²) in [6, 6.07) is 14.6. The molecule has 0 aliphatic rings. The number of fused-ring (bicyclic) bond motifs is 1. The molecule has 0 unspecified atom stereocenters. The summed E-state index contributed by atoms with van der Waals surface area (Å²) in [4.78, 5) is 28.0. The third-order valence-electron chi connectivity index (χ3n) is 6.44. The summed E-state index contributed by atoms with van der Waals surface area (Å²) in [6.07, 6.45) is 0. The minimum Gasteiger partial charge on any atom is -0.487 e. The summed E-state index contributed by atoms with van der Waals surface area (Å²) in [7, 11) is 1.69. The minimum atomic E-state index is -1.06. The fourth-order valence-corrected chi connectivity index (χ4v) is 5.27. The molecule has 5 rings (SSSR count). The number of ether oxygens (including phenoxy) is 2. The largest absolute Gasteiger partial charge is 0.487 e. The number of para-hydroxylation sites is 1. The van der Waals surface area contributed by atoms with Gasteiger partial charge in [-0.05, 0) is 60.5 Å². The molecule has 0 fully saturated rings. The van der Waals surface area contributed by atoms with Crippen LogP contribution in [-0.2, 0) is 7.05 Å². The molecule has 0 bridgehead atoms. The van der Waals surface area contributed by atoms with Crippen molar-refractivity contribution in [3.05, 3.63) is 113 Å². The van der Waals surface area contributed by atoms with Crippen LogP contribution in [0.15, 0.2) is 70.3 Å². The van der Waals surface area contributed by atoms with E-state index < -0.39 is 22.9 Å². The monoisotopic (exact) mass is 564 g/mol. The molecule has 2 heterocycles. The lowest BCUT2D eigenvalue weighted by atomic mass is 10.1. The second-order valence-corrected chi connectivity index (χ2v) is 10.1. The lowest BCUT2D eigenvalue weighted by Crippen LogP contribution is -2.22. The van der Waals surface area contributed by atoms with Gasteiger partial charge in [0.05, 0.1) is 20.4 Å². The van der Waals surface area contributed by atoms with E-state index in [0.717, 1.165) is 12.1 Å². The first kappa shape index (κ1) is 27.0. The summed E-state index contributed by atoms with van der Waals surface area (Å²) < 4.78 is 56.6. The Bertz CT molecular complexity index is 2000. The summed E-state index contributed by atoms with van der Waals surface area (Å²) in [5, 5.41) is 0.385. The van der Waals surface area contributed by atoms with Crippen LogP contribution in [0.2, 0.25) is 0 Å². The molecule has 40 heavy (non-hydrogen) atoms. The molecule has 1 N–H and O–H groups in total. The molecular formula is C30H23F3N2O4S. The average molecular weight is 565 g/mol. The van der Waals surface area contributed by atoms with Crippen LogP contribution in [0.25, 0.3) is 34.3 Å². The fourth-order valence-electron chi connectivity index (χ4n) is 4.47. The molecule has 10 heteroatoms. The average Bonchev–Trinajstić information content (AvgIpc) is 3.28. The number of hydrogen-bond acceptors (Lipinski definition) is 5. The van der Waals surface area contributed by atoms with E-state index in [1.54, 1.807) is 48.9 Å². The van der Waals surface area contributed by atoms with E-state index in [-0.39, 0.29) is 41.5 Å². The number of H-pyrrole nitrogens is 1. The zero-order chi connectivity index (χ0) is 28.6. The third kappa shape index (κ3) is 5.05. The Hall–Kier alpha value is -4.57. The van der Waals surface area contributed by atoms with E-state index in [9.17, 15) is 22.8 Å². The van der Waals surface area contributed by atoms with Gasteiger partial charge < -0.3 is 19.0 Å². The summed E-state index contributed by atoms with van der Waals surface area (Å²) in [5.41, 5.74) is 1.51. The van der Waals surface area contributed by atoms with E-state index >= 15 is 0 Å². The van der Waals surface area contributed by atoms with Crippen molar-refractivity contribution in [3.63, 3.8) is 0 Å². The van der Waals surface area contributed by atoms with E-state index in [4.69, 9.17) is 9.47 Å². The van der Waals surface area contributed by atoms with Crippen LogP contribution in [0.1, 0.15) is 12.5 Å². The molecule has 0 aliphatic heterocycles. The number of halogens is 3. The summed E-state index contributed by atoms with van der Waals surface area (Å²) in [6.45, 7) is 5.20. The molecule has 0 saturated heterocycles. The lowest BCUT2D eigenvalue weighted by molar-refractivity contribution is 0.210. The number of nitrogens with one attached hydrogen (secondary N) is 1. The Balaban J connectivity index is 1.40. The van der Waals surface area contributed by atoms with Crippen molar-refractivity contribution < 1.29 is 22.6 Å². The van der Waals surface area contributed by atoms with E-state index in [2.05, 4.69) is 11.6 Å². The van der Waals surface area contributed by atoms with Gasteiger partial charge in [0.25, 0.3) is 5.56 Å². The maximum absolute atomic E-state index is 14.8. The highest BCUT2D eigenvalue weighted by Gasteiger charge is 2.19. The number of rotatable bonds is 7. The number of aryl methyl sites for hydroxylation is 1. The van der Waals surface area contributed by atoms with E-state index in [1.807, 2.05) is 0 Å². The van der Waals surface area contributed by atoms with Crippen molar-refractivity contribution in [2.24, 2.45) is 7.05 Å². The van der Waals surface area contributed by atoms with Crippen LogP contribution in [0, 0.1) is 17.5 Å². The first-order valence-corrected chi connectivity index (χ1v) is 13.0. The van der Waals surface area contributed by atoms with Crippen LogP contribution in [0.4, 0.5) is 13.2 Å². The number of pyridine rings is 1. The van der Waals surface area contributed by atoms with Crippen LogP contribution in [-0.4, -0.2) is 22.8 Å². The van der Waals surface area contributed by atoms with Gasteiger partial charge in [-0.2, -0.15) is 0 Å². The van der Waals surface area contributed by atoms with Gasteiger partial charge in [0.1, 0.15) is 13.2 Å². The van der Waals surface area contributed by atoms with Gasteiger partial charge in [0.15, 0.2) is 29.0 Å². The van der Waals surface area contributed by atoms with Crippen molar-refractivity contribution in [1.29, 1.82) is 0 Å². The maximum atomic E-state index is 14.8. The molecule has 0 aliphatic carbocycles. The molecule has 6 nitrogen and oxygen atoms in total. The van der Waals surface area contributed by atoms with E-state index in [1.165, 1.54) is 29.5 Å². The molecule has 0 amide bonds. The van der Waals surface area contributed by atoms with Gasteiger partial charge in [-0.3, -0.25) is 9.59 Å². The molecule has 5 aromatic rings. The van der Waals surface area contributed by atoms with Crippen LogP contribution in [0.3, 0.4) is 0 Å². The number of benzene rings is 3. The Labute approximate surface area is 229 Å². The Morgan fingerprint density at radius 3 is 2.40 bits per heavy atom. The zero-order valence-corrected chi connectivity index (χ0v) is 22.3. The zero-order valence-electron chi connectivity index (χ0n) is 21.5. The smallest absolute Gasteiger partial charge is 0.266 e. The second-order valence-electron chi connectivity index (χ2n) is 8.99. The highest BCUT2D eigenvalue weighted by Crippen LogP contribution is 2.31. The first-order valence-electron chi connectivity index (χ1n) is 12.2. The van der Waals surface area contributed by atoms with Gasteiger partial charge >= 0.3 is 0 Å². The number of thiazole rings is 1. The standard InChI is InChI=1S/C30H23F3N2O4S/c1-16(29-30(37)34-17(2)40-29)18-9-11-25(23(33)14-18)38-12-13-39-28-26(19-8-10-21(31)22(32)15-19)35(3)24-7-5-4-6-20(24)27(28)36/h4-11,14-15H,2,12-13H2,1,3H3,(H,34,37)/b29-16+. The van der Waals surface area contributed by atoms with Crippen molar-refractivity contribution in [1.82, 2.24) is 9.55 Å². The topological polar surface area (TPSA) is 73.3 Å². The van der Waals surface area contributed by atoms with Gasteiger partial charge in [-0.15, -0.1) is 11.3 Å². The van der Waals surface area contributed by atoms with Crippen molar-refractivity contribution in [2.45, 2.75) is 6.92 Å². The number of hydrogen-bond donors (Lipinski definition) is 1. The quantitative estimate of drug-likeness (QED) is 0.297. The molecule has 0 saturated carbocycles. The molecule has 0 radical (unpaired) electrons. The van der Waals surface area contributed by atoms with Crippen molar-refractivity contribution >= 4 is 34.4 Å². The third-order valence-corrected chi connectivity index (χ3v) is 7.48. The predicted octanol–water partition coefficient (Wildman–Crippen LogP) is 4.46. The predicted molar refractivity (Wildman–Crippen MR) is 150 cm³/mol. The van der Waals surface area contributed by atoms with Crippen molar-refractivity contribution in [2.75, 3.05) is 13.2 Å². The van der Waals surface area contributed by atoms with Gasteiger partial charge in [-0.25, -0.2) is 13.2 Å². The number of aromatic nitrogens is 2. The molecular weight excluding hydrogens is 541 g/mol. The van der Waals surface area contributed by atoms with Crippen LogP contribution in [0.5, 0.6) is 11.5 Å². The molecule has 204 valence electrons. The van der Waals surface area contributed by atoms with E-state index in [0.29, 0.717) is 31.2 Å². The molecule has 2 aromatic heterocycles. The number of aromatic amines is 1. The van der Waals surface area contributed by atoms with Crippen molar-refractivity contribution in [3.8, 4) is 22.8 Å². The SMILES string of the molecule is C=c1[nH]c(=O)/c(=C(/C)c2ccc(OCCOc3c(-c4ccc(F)c(F)c4)n(C)c4ccccc4c3=O)c(F)c2)s1. The highest BCUT2D eigenvalue weighted by atomic mass is 32.1.